The summed E-state index contributed by atoms with van der Waals surface area (Å²) in [6.07, 6.45) is 0.842. The molecule has 0 bridgehead atoms. The van der Waals surface area contributed by atoms with Crippen LogP contribution in [0.5, 0.6) is 5.88 Å². The maximum absolute atomic E-state index is 12.5. The summed E-state index contributed by atoms with van der Waals surface area (Å²) in [6.45, 7) is 3.38. The van der Waals surface area contributed by atoms with E-state index in [9.17, 15) is 4.79 Å². The van der Waals surface area contributed by atoms with E-state index in [1.54, 1.807) is 0 Å². The molecule has 1 aromatic carbocycles. The Kier molecular flexibility index (Phi) is 6.90. The van der Waals surface area contributed by atoms with E-state index in [-0.39, 0.29) is 23.1 Å². The third-order valence-electron chi connectivity index (χ3n) is 4.00. The van der Waals surface area contributed by atoms with Gasteiger partial charge in [0.15, 0.2) is 12.4 Å². The lowest BCUT2D eigenvalue weighted by molar-refractivity contribution is -0.128. The summed E-state index contributed by atoms with van der Waals surface area (Å²) in [5, 5.41) is 3.54. The molecule has 0 spiro atoms. The molecule has 1 aliphatic rings. The predicted octanol–water partition coefficient (Wildman–Crippen LogP) is 3.91. The van der Waals surface area contributed by atoms with E-state index >= 15 is 0 Å². The number of nitrogens with zero attached hydrogens (tertiary/aromatic N) is 1. The lowest BCUT2D eigenvalue weighted by Gasteiger charge is -2.17. The molecule has 1 atom stereocenters. The largest absolute Gasteiger partial charge is 0.463 e. The van der Waals surface area contributed by atoms with Crippen LogP contribution in [0.2, 0.25) is 10.0 Å². The Hall–Kier alpha value is -1.86. The van der Waals surface area contributed by atoms with Crippen molar-refractivity contribution in [3.8, 4) is 5.88 Å². The normalized spacial score (nSPS) is 15.5. The zero-order valence-electron chi connectivity index (χ0n) is 14.8. The van der Waals surface area contributed by atoms with Gasteiger partial charge in [-0.15, -0.1) is 0 Å². The summed E-state index contributed by atoms with van der Waals surface area (Å²) in [6, 6.07) is 9.25. The van der Waals surface area contributed by atoms with Crippen LogP contribution >= 0.6 is 23.2 Å². The lowest BCUT2D eigenvalue weighted by atomic mass is 10.1. The summed E-state index contributed by atoms with van der Waals surface area (Å²) >= 11 is 11.9. The molecule has 144 valence electrons. The van der Waals surface area contributed by atoms with Crippen LogP contribution in [0.3, 0.4) is 0 Å². The summed E-state index contributed by atoms with van der Waals surface area (Å²) < 4.78 is 16.7. The van der Waals surface area contributed by atoms with Gasteiger partial charge < -0.3 is 19.5 Å². The Morgan fingerprint density at radius 1 is 1.33 bits per heavy atom. The van der Waals surface area contributed by atoms with E-state index in [2.05, 4.69) is 10.3 Å². The van der Waals surface area contributed by atoms with Crippen molar-refractivity contribution in [1.29, 1.82) is 0 Å². The average molecular weight is 411 g/mol. The number of hydrogen-bond acceptors (Lipinski definition) is 5. The summed E-state index contributed by atoms with van der Waals surface area (Å²) in [5.74, 6) is -0.0651. The number of carbonyl (C=O) groups is 1. The maximum Gasteiger partial charge on any atom is 0.261 e. The highest BCUT2D eigenvalue weighted by Gasteiger charge is 2.21. The van der Waals surface area contributed by atoms with Crippen LogP contribution in [-0.2, 0) is 20.8 Å². The molecule has 1 N–H and O–H groups in total. The number of rotatable bonds is 7. The second-order valence-corrected chi connectivity index (χ2v) is 6.84. The van der Waals surface area contributed by atoms with Crippen LogP contribution < -0.4 is 10.1 Å². The molecule has 1 aliphatic heterocycles. The number of ether oxygens (including phenoxy) is 3. The topological polar surface area (TPSA) is 69.7 Å². The number of aromatic nitrogens is 1. The molecule has 1 saturated heterocycles. The van der Waals surface area contributed by atoms with Crippen molar-refractivity contribution in [1.82, 2.24) is 10.3 Å². The third-order valence-corrected chi connectivity index (χ3v) is 4.48. The summed E-state index contributed by atoms with van der Waals surface area (Å²) in [4.78, 5) is 16.5. The van der Waals surface area contributed by atoms with Crippen molar-refractivity contribution >= 4 is 29.1 Å². The van der Waals surface area contributed by atoms with Crippen molar-refractivity contribution in [3.05, 3.63) is 57.7 Å². The van der Waals surface area contributed by atoms with E-state index in [4.69, 9.17) is 37.4 Å². The zero-order valence-corrected chi connectivity index (χ0v) is 16.3. The number of halogens is 2. The molecule has 8 heteroatoms. The van der Waals surface area contributed by atoms with Gasteiger partial charge in [0, 0.05) is 18.3 Å². The van der Waals surface area contributed by atoms with Crippen molar-refractivity contribution in [3.63, 3.8) is 0 Å². The minimum absolute atomic E-state index is 0.181. The molecule has 1 aromatic heterocycles. The monoisotopic (exact) mass is 410 g/mol. The van der Waals surface area contributed by atoms with Gasteiger partial charge in [-0.3, -0.25) is 4.79 Å². The van der Waals surface area contributed by atoms with E-state index in [0.717, 1.165) is 11.1 Å². The van der Waals surface area contributed by atoms with Gasteiger partial charge in [-0.25, -0.2) is 4.98 Å². The minimum Gasteiger partial charge on any atom is -0.463 e. The Morgan fingerprint density at radius 2 is 2.11 bits per heavy atom. The number of pyridine rings is 1. The van der Waals surface area contributed by atoms with E-state index in [1.165, 1.54) is 12.3 Å². The first-order valence-electron chi connectivity index (χ1n) is 8.64. The summed E-state index contributed by atoms with van der Waals surface area (Å²) in [7, 11) is 0. The molecule has 2 heterocycles. The minimum atomic E-state index is -0.708. The molecule has 2 aromatic rings. The smallest absolute Gasteiger partial charge is 0.261 e. The van der Waals surface area contributed by atoms with Gasteiger partial charge in [-0.1, -0.05) is 48.3 Å². The molecular weight excluding hydrogens is 391 g/mol. The van der Waals surface area contributed by atoms with E-state index in [1.807, 2.05) is 31.2 Å². The SMILES string of the molecule is CCC(Oc1ncc(Cl)cc1Cl)C(=O)NCc1cccc(C2OCCO2)c1. The number of nitrogens with one attached hydrogen (secondary N) is 1. The maximum atomic E-state index is 12.5. The van der Waals surface area contributed by atoms with E-state index in [0.29, 0.717) is 31.2 Å². The number of benzene rings is 1. The number of amides is 1. The Morgan fingerprint density at radius 3 is 2.81 bits per heavy atom. The number of hydrogen-bond donors (Lipinski definition) is 1. The standard InChI is InChI=1S/C19H20Cl2N2O4/c1-2-16(27-18-15(21)9-14(20)11-23-18)17(24)22-10-12-4-3-5-13(8-12)19-25-6-7-26-19/h3-5,8-9,11,16,19H,2,6-7,10H2,1H3,(H,22,24). The lowest BCUT2D eigenvalue weighted by Crippen LogP contribution is -2.37. The highest BCUT2D eigenvalue weighted by atomic mass is 35.5. The van der Waals surface area contributed by atoms with E-state index < -0.39 is 6.10 Å². The quantitative estimate of drug-likeness (QED) is 0.748. The molecular formula is C19H20Cl2N2O4. The molecule has 0 aliphatic carbocycles. The molecule has 0 saturated carbocycles. The van der Waals surface area contributed by atoms with Crippen molar-refractivity contribution in [2.75, 3.05) is 13.2 Å². The van der Waals surface area contributed by atoms with Gasteiger partial charge in [0.1, 0.15) is 5.02 Å². The molecule has 1 amide bonds. The van der Waals surface area contributed by atoms with Gasteiger partial charge in [0.2, 0.25) is 5.88 Å². The highest BCUT2D eigenvalue weighted by molar-refractivity contribution is 6.35. The molecule has 3 rings (SSSR count). The first-order valence-corrected chi connectivity index (χ1v) is 9.40. The van der Waals surface area contributed by atoms with Gasteiger partial charge in [-0.05, 0) is 24.1 Å². The predicted molar refractivity (Wildman–Crippen MR) is 102 cm³/mol. The first-order chi connectivity index (χ1) is 13.1. The van der Waals surface area contributed by atoms with Crippen molar-refractivity contribution in [2.45, 2.75) is 32.3 Å². The fraction of sp³-hybridized carbons (Fsp3) is 0.368. The Labute approximate surface area is 167 Å². The van der Waals surface area contributed by atoms with Crippen LogP contribution in [0.4, 0.5) is 0 Å². The van der Waals surface area contributed by atoms with Gasteiger partial charge in [0.05, 0.1) is 18.2 Å². The van der Waals surface area contributed by atoms with Gasteiger partial charge >= 0.3 is 0 Å². The van der Waals surface area contributed by atoms with Crippen molar-refractivity contribution in [2.24, 2.45) is 0 Å². The fourth-order valence-corrected chi connectivity index (χ4v) is 3.07. The first kappa shape index (κ1) is 19.9. The zero-order chi connectivity index (χ0) is 19.2. The van der Waals surface area contributed by atoms with Crippen LogP contribution in [0.1, 0.15) is 30.8 Å². The third kappa shape index (κ3) is 5.32. The molecule has 27 heavy (non-hydrogen) atoms. The fourth-order valence-electron chi connectivity index (χ4n) is 2.65. The van der Waals surface area contributed by atoms with Gasteiger partial charge in [0.25, 0.3) is 5.91 Å². The Bertz CT molecular complexity index is 797. The highest BCUT2D eigenvalue weighted by Crippen LogP contribution is 2.26. The second kappa shape index (κ2) is 9.37. The average Bonchev–Trinajstić information content (AvgIpc) is 3.21. The molecule has 1 fully saturated rings. The van der Waals surface area contributed by atoms with Crippen LogP contribution in [0.15, 0.2) is 36.5 Å². The van der Waals surface area contributed by atoms with Gasteiger partial charge in [-0.2, -0.15) is 0 Å². The van der Waals surface area contributed by atoms with Crippen LogP contribution in [0, 0.1) is 0 Å². The molecule has 0 radical (unpaired) electrons. The number of carbonyl (C=O) groups excluding carboxylic acids is 1. The molecule has 1 unspecified atom stereocenters. The Balaban J connectivity index is 1.59. The van der Waals surface area contributed by atoms with Crippen LogP contribution in [-0.4, -0.2) is 30.2 Å². The second-order valence-electron chi connectivity index (χ2n) is 5.99. The summed E-state index contributed by atoms with van der Waals surface area (Å²) in [5.41, 5.74) is 1.87. The van der Waals surface area contributed by atoms with Crippen molar-refractivity contribution < 1.29 is 19.0 Å². The molecule has 6 nitrogen and oxygen atoms in total. The van der Waals surface area contributed by atoms with Crippen LogP contribution in [0.25, 0.3) is 0 Å².